The van der Waals surface area contributed by atoms with Crippen LogP contribution in [0, 0.1) is 0 Å². The Bertz CT molecular complexity index is 438. The molecule has 0 aliphatic carbocycles. The Hall–Kier alpha value is -1.64. The molecule has 2 rings (SSSR count). The van der Waals surface area contributed by atoms with Gasteiger partial charge in [0, 0.05) is 6.42 Å². The Labute approximate surface area is 101 Å². The normalized spacial score (nSPS) is 27.9. The van der Waals surface area contributed by atoms with Crippen LogP contribution in [0.15, 0.2) is 30.3 Å². The van der Waals surface area contributed by atoms with Gasteiger partial charge in [-0.1, -0.05) is 37.3 Å². The highest BCUT2D eigenvalue weighted by molar-refractivity contribution is 6.09. The Balaban J connectivity index is 2.48. The van der Waals surface area contributed by atoms with Gasteiger partial charge in [-0.05, 0) is 18.9 Å². The summed E-state index contributed by atoms with van der Waals surface area (Å²) in [6.07, 6.45) is 1.06. The van der Waals surface area contributed by atoms with Crippen LogP contribution in [0.25, 0.3) is 0 Å². The van der Waals surface area contributed by atoms with E-state index < -0.39 is 11.4 Å². The zero-order valence-corrected chi connectivity index (χ0v) is 10.1. The highest BCUT2D eigenvalue weighted by atomic mass is 16.6. The number of rotatable bonds is 3. The summed E-state index contributed by atoms with van der Waals surface area (Å²) >= 11 is 0. The van der Waals surface area contributed by atoms with Gasteiger partial charge in [0.05, 0.1) is 0 Å². The molecule has 1 aromatic rings. The van der Waals surface area contributed by atoms with E-state index >= 15 is 0 Å². The van der Waals surface area contributed by atoms with Gasteiger partial charge in [-0.2, -0.15) is 0 Å². The lowest BCUT2D eigenvalue weighted by molar-refractivity contribution is -0.148. The summed E-state index contributed by atoms with van der Waals surface area (Å²) in [5.41, 5.74) is -0.337. The standard InChI is InChI=1S/C14H16O3/c1-3-12-9-14(10(2)15,13(16)17-12)11-7-5-4-6-8-11/h4-8,12H,3,9H2,1-2H3/t12-,14+/m0/s1. The zero-order chi connectivity index (χ0) is 12.5. The monoisotopic (exact) mass is 232 g/mol. The molecule has 90 valence electrons. The number of ether oxygens (including phenoxy) is 1. The van der Waals surface area contributed by atoms with Crippen LogP contribution in [-0.2, 0) is 19.7 Å². The van der Waals surface area contributed by atoms with Crippen LogP contribution in [0.1, 0.15) is 32.3 Å². The van der Waals surface area contributed by atoms with Gasteiger partial charge in [0.2, 0.25) is 0 Å². The molecule has 0 radical (unpaired) electrons. The number of esters is 1. The molecule has 1 aliphatic heterocycles. The fraction of sp³-hybridized carbons (Fsp3) is 0.429. The van der Waals surface area contributed by atoms with Crippen molar-refractivity contribution in [3.8, 4) is 0 Å². The lowest BCUT2D eigenvalue weighted by Gasteiger charge is -2.21. The van der Waals surface area contributed by atoms with Crippen molar-refractivity contribution >= 4 is 11.8 Å². The Morgan fingerprint density at radius 2 is 2.06 bits per heavy atom. The summed E-state index contributed by atoms with van der Waals surface area (Å²) in [7, 11) is 0. The highest BCUT2D eigenvalue weighted by Gasteiger charge is 2.53. The first-order valence-corrected chi connectivity index (χ1v) is 5.89. The second kappa shape index (κ2) is 4.32. The van der Waals surface area contributed by atoms with Crippen molar-refractivity contribution in [3.05, 3.63) is 35.9 Å². The Kier molecular flexibility index (Phi) is 3.01. The molecule has 1 fully saturated rings. The molecule has 3 heteroatoms. The predicted molar refractivity (Wildman–Crippen MR) is 63.6 cm³/mol. The summed E-state index contributed by atoms with van der Waals surface area (Å²) in [4.78, 5) is 24.0. The van der Waals surface area contributed by atoms with Crippen molar-refractivity contribution in [1.29, 1.82) is 0 Å². The second-order valence-electron chi connectivity index (χ2n) is 4.47. The van der Waals surface area contributed by atoms with Gasteiger partial charge in [0.15, 0.2) is 11.2 Å². The smallest absolute Gasteiger partial charge is 0.324 e. The summed E-state index contributed by atoms with van der Waals surface area (Å²) in [6, 6.07) is 9.19. The van der Waals surface area contributed by atoms with E-state index in [1.807, 2.05) is 37.3 Å². The number of benzene rings is 1. The van der Waals surface area contributed by atoms with Crippen molar-refractivity contribution in [2.24, 2.45) is 0 Å². The van der Waals surface area contributed by atoms with Gasteiger partial charge in [0.25, 0.3) is 0 Å². The average Bonchev–Trinajstić information content (AvgIpc) is 2.68. The minimum Gasteiger partial charge on any atom is -0.461 e. The van der Waals surface area contributed by atoms with E-state index in [1.165, 1.54) is 6.92 Å². The molecule has 1 saturated heterocycles. The predicted octanol–water partition coefficient (Wildman–Crippen LogP) is 2.24. The third-order valence-corrected chi connectivity index (χ3v) is 3.48. The molecule has 0 saturated carbocycles. The molecule has 2 atom stereocenters. The first-order valence-electron chi connectivity index (χ1n) is 5.89. The van der Waals surface area contributed by atoms with E-state index in [9.17, 15) is 9.59 Å². The first kappa shape index (κ1) is 11.8. The first-order chi connectivity index (χ1) is 8.11. The van der Waals surface area contributed by atoms with E-state index in [1.54, 1.807) is 0 Å². The largest absolute Gasteiger partial charge is 0.461 e. The Morgan fingerprint density at radius 3 is 2.53 bits per heavy atom. The Morgan fingerprint density at radius 1 is 1.41 bits per heavy atom. The topological polar surface area (TPSA) is 43.4 Å². The minimum atomic E-state index is -1.08. The van der Waals surface area contributed by atoms with Crippen LogP contribution < -0.4 is 0 Å². The molecular formula is C14H16O3. The molecule has 17 heavy (non-hydrogen) atoms. The number of hydrogen-bond donors (Lipinski definition) is 0. The summed E-state index contributed by atoms with van der Waals surface area (Å²) in [5, 5.41) is 0. The lowest BCUT2D eigenvalue weighted by Crippen LogP contribution is -2.38. The molecule has 1 aromatic carbocycles. The number of ketones is 1. The van der Waals surface area contributed by atoms with Crippen molar-refractivity contribution in [1.82, 2.24) is 0 Å². The molecular weight excluding hydrogens is 216 g/mol. The summed E-state index contributed by atoms with van der Waals surface area (Å²) in [5.74, 6) is -0.535. The molecule has 1 heterocycles. The zero-order valence-electron chi connectivity index (χ0n) is 10.1. The van der Waals surface area contributed by atoms with Gasteiger partial charge in [-0.3, -0.25) is 9.59 Å². The molecule has 0 bridgehead atoms. The maximum absolute atomic E-state index is 12.1. The number of hydrogen-bond acceptors (Lipinski definition) is 3. The molecule has 0 N–H and O–H groups in total. The van der Waals surface area contributed by atoms with Gasteiger partial charge >= 0.3 is 5.97 Å². The number of cyclic esters (lactones) is 1. The van der Waals surface area contributed by atoms with Gasteiger partial charge in [-0.15, -0.1) is 0 Å². The van der Waals surface area contributed by atoms with Crippen molar-refractivity contribution in [2.75, 3.05) is 0 Å². The van der Waals surface area contributed by atoms with Gasteiger partial charge < -0.3 is 4.74 Å². The van der Waals surface area contributed by atoms with Crippen LogP contribution in [0.5, 0.6) is 0 Å². The second-order valence-corrected chi connectivity index (χ2v) is 4.47. The maximum Gasteiger partial charge on any atom is 0.324 e. The van der Waals surface area contributed by atoms with Crippen molar-refractivity contribution in [2.45, 2.75) is 38.2 Å². The third-order valence-electron chi connectivity index (χ3n) is 3.48. The third kappa shape index (κ3) is 1.75. The minimum absolute atomic E-state index is 0.135. The van der Waals surface area contributed by atoms with E-state index in [0.717, 1.165) is 12.0 Å². The van der Waals surface area contributed by atoms with Crippen LogP contribution >= 0.6 is 0 Å². The highest BCUT2D eigenvalue weighted by Crippen LogP contribution is 2.39. The van der Waals surface area contributed by atoms with Crippen LogP contribution in [0.3, 0.4) is 0 Å². The van der Waals surface area contributed by atoms with E-state index in [4.69, 9.17) is 4.74 Å². The van der Waals surface area contributed by atoms with Crippen molar-refractivity contribution < 1.29 is 14.3 Å². The molecule has 0 unspecified atom stereocenters. The average molecular weight is 232 g/mol. The van der Waals surface area contributed by atoms with Crippen molar-refractivity contribution in [3.63, 3.8) is 0 Å². The summed E-state index contributed by atoms with van der Waals surface area (Å²) in [6.45, 7) is 3.42. The molecule has 1 aliphatic rings. The van der Waals surface area contributed by atoms with Gasteiger partial charge in [0.1, 0.15) is 6.10 Å². The van der Waals surface area contributed by atoms with Crippen LogP contribution in [0.4, 0.5) is 0 Å². The molecule has 0 spiro atoms. The van der Waals surface area contributed by atoms with Crippen LogP contribution in [-0.4, -0.2) is 17.9 Å². The number of Topliss-reactive ketones (excluding diaryl/α,β-unsaturated/α-hetero) is 1. The van der Waals surface area contributed by atoms with Gasteiger partial charge in [-0.25, -0.2) is 0 Å². The van der Waals surface area contributed by atoms with E-state index in [2.05, 4.69) is 0 Å². The lowest BCUT2D eigenvalue weighted by atomic mass is 9.74. The number of carbonyl (C=O) groups is 2. The molecule has 0 aromatic heterocycles. The number of carbonyl (C=O) groups excluding carboxylic acids is 2. The quantitative estimate of drug-likeness (QED) is 0.593. The maximum atomic E-state index is 12.1. The van der Waals surface area contributed by atoms with E-state index in [0.29, 0.717) is 6.42 Å². The van der Waals surface area contributed by atoms with E-state index in [-0.39, 0.29) is 11.9 Å². The fourth-order valence-corrected chi connectivity index (χ4v) is 2.40. The van der Waals surface area contributed by atoms with Crippen LogP contribution in [0.2, 0.25) is 0 Å². The fourth-order valence-electron chi connectivity index (χ4n) is 2.40. The SMILES string of the molecule is CC[C@H]1C[C@@](C(C)=O)(c2ccccc2)C(=O)O1. The molecule has 3 nitrogen and oxygen atoms in total. The summed E-state index contributed by atoms with van der Waals surface area (Å²) < 4.78 is 5.28. The molecule has 0 amide bonds.